The van der Waals surface area contributed by atoms with Gasteiger partial charge in [0.2, 0.25) is 5.95 Å². The van der Waals surface area contributed by atoms with Gasteiger partial charge in [-0.25, -0.2) is 9.78 Å². The van der Waals surface area contributed by atoms with Gasteiger partial charge in [0.15, 0.2) is 0 Å². The molecule has 1 saturated heterocycles. The number of nitrogens with one attached hydrogen (secondary N) is 1. The molecule has 3 aromatic rings. The molecule has 1 fully saturated rings. The van der Waals surface area contributed by atoms with Crippen molar-refractivity contribution < 1.29 is 14.6 Å². The number of thioether (sulfide) groups is 1. The summed E-state index contributed by atoms with van der Waals surface area (Å²) in [5.41, 5.74) is 8.02. The molecule has 0 saturated carbocycles. The van der Waals surface area contributed by atoms with Gasteiger partial charge in [-0.05, 0) is 29.8 Å². The van der Waals surface area contributed by atoms with Crippen molar-refractivity contribution >= 4 is 40.4 Å². The van der Waals surface area contributed by atoms with Gasteiger partial charge in [0.1, 0.15) is 5.82 Å². The largest absolute Gasteiger partial charge is 0.478 e. The van der Waals surface area contributed by atoms with Crippen molar-refractivity contribution in [2.24, 2.45) is 11.1 Å². The summed E-state index contributed by atoms with van der Waals surface area (Å²) in [5, 5.41) is 13.6. The van der Waals surface area contributed by atoms with Crippen LogP contribution in [0.5, 0.6) is 0 Å². The van der Waals surface area contributed by atoms with Gasteiger partial charge in [-0.2, -0.15) is 4.98 Å². The number of carbonyl (C=O) groups is 1. The zero-order chi connectivity index (χ0) is 22.1. The highest BCUT2D eigenvalue weighted by molar-refractivity contribution is 7.99. The van der Waals surface area contributed by atoms with Crippen LogP contribution in [0.4, 0.5) is 11.8 Å². The smallest absolute Gasteiger partial charge is 0.335 e. The Labute approximate surface area is 190 Å². The van der Waals surface area contributed by atoms with Crippen LogP contribution in [0.15, 0.2) is 47.4 Å². The van der Waals surface area contributed by atoms with Crippen molar-refractivity contribution in [1.82, 2.24) is 9.97 Å². The molecule has 166 valence electrons. The van der Waals surface area contributed by atoms with Crippen LogP contribution < -0.4 is 16.0 Å². The minimum absolute atomic E-state index is 0.125. The van der Waals surface area contributed by atoms with Crippen molar-refractivity contribution in [2.75, 3.05) is 48.8 Å². The number of carboxylic acid groups (broad SMARTS) is 1. The standard InChI is InChI=1S/C23H25N5O3S/c24-11-23(13-31-14-23)12-25-20-17-9-15(21(29)30)5-6-18(17)26-22(27-20)28-7-8-32-19-4-2-1-3-16(19)10-28/h1-6,9H,7-8,10-14,24H2,(H,29,30)(H,25,26,27). The van der Waals surface area contributed by atoms with Crippen LogP contribution in [-0.2, 0) is 11.3 Å². The molecule has 1 aromatic heterocycles. The fraction of sp³-hybridized carbons (Fsp3) is 0.348. The van der Waals surface area contributed by atoms with Gasteiger partial charge in [-0.15, -0.1) is 11.8 Å². The number of fused-ring (bicyclic) bond motifs is 2. The second kappa shape index (κ2) is 8.57. The fourth-order valence-corrected chi connectivity index (χ4v) is 5.00. The van der Waals surface area contributed by atoms with Crippen LogP contribution in [0.1, 0.15) is 15.9 Å². The molecule has 0 bridgehead atoms. The first-order chi connectivity index (χ1) is 15.6. The van der Waals surface area contributed by atoms with Crippen LogP contribution >= 0.6 is 11.8 Å². The highest BCUT2D eigenvalue weighted by atomic mass is 32.2. The number of hydrogen-bond acceptors (Lipinski definition) is 8. The van der Waals surface area contributed by atoms with Gasteiger partial charge in [0.25, 0.3) is 0 Å². The fourth-order valence-electron chi connectivity index (χ4n) is 3.98. The first-order valence-electron chi connectivity index (χ1n) is 10.6. The number of aromatic carboxylic acids is 1. The Bertz CT molecular complexity index is 1160. The Morgan fingerprint density at radius 2 is 2.09 bits per heavy atom. The Morgan fingerprint density at radius 1 is 1.25 bits per heavy atom. The van der Waals surface area contributed by atoms with Gasteiger partial charge < -0.3 is 25.8 Å². The normalized spacial score (nSPS) is 17.3. The molecule has 0 atom stereocenters. The summed E-state index contributed by atoms with van der Waals surface area (Å²) in [6.07, 6.45) is 0. The Balaban J connectivity index is 1.53. The maximum atomic E-state index is 11.5. The lowest BCUT2D eigenvalue weighted by atomic mass is 9.86. The monoisotopic (exact) mass is 451 g/mol. The Kier molecular flexibility index (Phi) is 5.62. The van der Waals surface area contributed by atoms with Crippen molar-refractivity contribution in [1.29, 1.82) is 0 Å². The van der Waals surface area contributed by atoms with Crippen molar-refractivity contribution in [2.45, 2.75) is 11.4 Å². The zero-order valence-corrected chi connectivity index (χ0v) is 18.4. The van der Waals surface area contributed by atoms with E-state index in [2.05, 4.69) is 34.5 Å². The molecule has 4 N–H and O–H groups in total. The number of nitrogens with two attached hydrogens (primary N) is 1. The molecule has 3 heterocycles. The van der Waals surface area contributed by atoms with Crippen molar-refractivity contribution in [3.8, 4) is 0 Å². The summed E-state index contributed by atoms with van der Waals surface area (Å²) in [5.74, 6) is 1.21. The first kappa shape index (κ1) is 21.0. The number of nitrogens with zero attached hydrogens (tertiary/aromatic N) is 3. The third-order valence-corrected chi connectivity index (χ3v) is 7.14. The Morgan fingerprint density at radius 3 is 2.84 bits per heavy atom. The number of anilines is 2. The van der Waals surface area contributed by atoms with E-state index in [-0.39, 0.29) is 11.0 Å². The van der Waals surface area contributed by atoms with E-state index in [1.807, 2.05) is 11.8 Å². The molecule has 5 rings (SSSR count). The lowest BCUT2D eigenvalue weighted by Gasteiger charge is -2.40. The molecule has 2 aliphatic rings. The van der Waals surface area contributed by atoms with Crippen LogP contribution in [0.25, 0.3) is 10.9 Å². The van der Waals surface area contributed by atoms with Crippen LogP contribution in [-0.4, -0.2) is 59.6 Å². The summed E-state index contributed by atoms with van der Waals surface area (Å²) in [7, 11) is 0. The molecule has 8 nitrogen and oxygen atoms in total. The number of carboxylic acids is 1. The summed E-state index contributed by atoms with van der Waals surface area (Å²) in [6.45, 7) is 3.86. The molecule has 0 radical (unpaired) electrons. The van der Waals surface area contributed by atoms with E-state index < -0.39 is 5.97 Å². The summed E-state index contributed by atoms with van der Waals surface area (Å²) >= 11 is 1.84. The molecule has 2 aromatic carbocycles. The molecule has 0 spiro atoms. The molecule has 0 unspecified atom stereocenters. The lowest BCUT2D eigenvalue weighted by molar-refractivity contribution is -0.0979. The molecular weight excluding hydrogens is 426 g/mol. The maximum Gasteiger partial charge on any atom is 0.335 e. The second-order valence-electron chi connectivity index (χ2n) is 8.34. The van der Waals surface area contributed by atoms with E-state index in [9.17, 15) is 9.90 Å². The molecule has 9 heteroatoms. The number of aromatic nitrogens is 2. The number of benzene rings is 2. The van der Waals surface area contributed by atoms with E-state index in [1.54, 1.807) is 18.2 Å². The van der Waals surface area contributed by atoms with Crippen LogP contribution in [0, 0.1) is 5.41 Å². The van der Waals surface area contributed by atoms with Crippen LogP contribution in [0.2, 0.25) is 0 Å². The average Bonchev–Trinajstić information content (AvgIpc) is 3.00. The van der Waals surface area contributed by atoms with Gasteiger partial charge in [-0.3, -0.25) is 0 Å². The highest BCUT2D eigenvalue weighted by Gasteiger charge is 2.37. The van der Waals surface area contributed by atoms with Crippen molar-refractivity contribution in [3.05, 3.63) is 53.6 Å². The predicted molar refractivity (Wildman–Crippen MR) is 126 cm³/mol. The quantitative estimate of drug-likeness (QED) is 0.520. The minimum atomic E-state index is -0.978. The lowest BCUT2D eigenvalue weighted by Crippen LogP contribution is -2.52. The molecular formula is C23H25N5O3S. The summed E-state index contributed by atoms with van der Waals surface area (Å²) < 4.78 is 5.38. The second-order valence-corrected chi connectivity index (χ2v) is 9.47. The van der Waals surface area contributed by atoms with Gasteiger partial charge in [-0.1, -0.05) is 18.2 Å². The van der Waals surface area contributed by atoms with E-state index in [1.165, 1.54) is 10.5 Å². The molecule has 32 heavy (non-hydrogen) atoms. The third-order valence-electron chi connectivity index (χ3n) is 6.05. The summed E-state index contributed by atoms with van der Waals surface area (Å²) in [4.78, 5) is 24.7. The van der Waals surface area contributed by atoms with Gasteiger partial charge in [0.05, 0.1) is 24.3 Å². The number of ether oxygens (including phenoxy) is 1. The number of rotatable bonds is 6. The van der Waals surface area contributed by atoms with E-state index >= 15 is 0 Å². The van der Waals surface area contributed by atoms with Gasteiger partial charge in [0, 0.05) is 47.6 Å². The predicted octanol–water partition coefficient (Wildman–Crippen LogP) is 2.83. The molecule has 0 amide bonds. The van der Waals surface area contributed by atoms with E-state index in [0.29, 0.717) is 49.0 Å². The average molecular weight is 452 g/mol. The zero-order valence-electron chi connectivity index (χ0n) is 17.6. The van der Waals surface area contributed by atoms with E-state index in [4.69, 9.17) is 20.4 Å². The van der Waals surface area contributed by atoms with Crippen molar-refractivity contribution in [3.63, 3.8) is 0 Å². The van der Waals surface area contributed by atoms with Crippen LogP contribution in [0.3, 0.4) is 0 Å². The third kappa shape index (κ3) is 3.99. The maximum absolute atomic E-state index is 11.5. The Hall–Kier alpha value is -2.88. The topological polar surface area (TPSA) is 114 Å². The van der Waals surface area contributed by atoms with Gasteiger partial charge >= 0.3 is 5.97 Å². The number of hydrogen-bond donors (Lipinski definition) is 3. The SMILES string of the molecule is NCC1(CNc2nc(N3CCSc4ccccc4C3)nc3ccc(C(=O)O)cc23)COC1. The first-order valence-corrected chi connectivity index (χ1v) is 11.6. The van der Waals surface area contributed by atoms with E-state index in [0.717, 1.165) is 18.8 Å². The summed E-state index contributed by atoms with van der Waals surface area (Å²) in [6, 6.07) is 13.4. The molecule has 2 aliphatic heterocycles. The molecule has 0 aliphatic carbocycles. The highest BCUT2D eigenvalue weighted by Crippen LogP contribution is 2.32. The minimum Gasteiger partial charge on any atom is -0.478 e.